The number of fused-ring (bicyclic) bond motifs is 4. The van der Waals surface area contributed by atoms with Crippen LogP contribution in [0.25, 0.3) is 22.2 Å². The lowest BCUT2D eigenvalue weighted by atomic mass is 9.98. The Balaban J connectivity index is 0.00000231. The molecule has 1 aromatic carbocycles. The minimum Gasteiger partial charge on any atom is -0.506 e. The maximum atomic E-state index is 12.4. The molecule has 1 fully saturated rings. The summed E-state index contributed by atoms with van der Waals surface area (Å²) >= 11 is 0. The van der Waals surface area contributed by atoms with E-state index in [1.807, 2.05) is 0 Å². The van der Waals surface area contributed by atoms with Crippen molar-refractivity contribution in [3.8, 4) is 17.0 Å². The summed E-state index contributed by atoms with van der Waals surface area (Å²) in [6.07, 6.45) is 4.72. The highest BCUT2D eigenvalue weighted by molar-refractivity contribution is 5.93. The molecule has 8 heteroatoms. The summed E-state index contributed by atoms with van der Waals surface area (Å²) in [7, 11) is 2.07. The number of carboxylic acid groups (broad SMARTS) is 1. The van der Waals surface area contributed by atoms with Gasteiger partial charge in [0.05, 0.1) is 5.69 Å². The monoisotopic (exact) mass is 443 g/mol. The molecule has 4 N–H and O–H groups in total. The molecule has 2 aromatic heterocycles. The summed E-state index contributed by atoms with van der Waals surface area (Å²) in [5, 5.41) is 24.4. The zero-order valence-electron chi connectivity index (χ0n) is 17.3. The summed E-state index contributed by atoms with van der Waals surface area (Å²) in [5.41, 5.74) is 3.98. The van der Waals surface area contributed by atoms with Crippen LogP contribution < -0.4 is 10.9 Å². The van der Waals surface area contributed by atoms with E-state index in [-0.39, 0.29) is 12.4 Å². The van der Waals surface area contributed by atoms with E-state index in [1.54, 1.807) is 0 Å². The van der Waals surface area contributed by atoms with Crippen molar-refractivity contribution in [2.75, 3.05) is 6.54 Å². The number of halogens is 1. The first-order valence-corrected chi connectivity index (χ1v) is 10.5. The number of nitrogens with zero attached hydrogens (tertiary/aromatic N) is 1. The molecular weight excluding hydrogens is 418 g/mol. The third kappa shape index (κ3) is 3.72. The lowest BCUT2D eigenvalue weighted by Gasteiger charge is -2.13. The lowest BCUT2D eigenvalue weighted by Crippen LogP contribution is -2.20. The number of carboxylic acids is 1. The predicted molar refractivity (Wildman–Crippen MR) is 121 cm³/mol. The van der Waals surface area contributed by atoms with Crippen LogP contribution >= 0.6 is 12.4 Å². The summed E-state index contributed by atoms with van der Waals surface area (Å²) in [6, 6.07) is 6.36. The molecule has 0 radical (unpaired) electrons. The van der Waals surface area contributed by atoms with Crippen LogP contribution in [0.1, 0.15) is 46.4 Å². The molecule has 2 heterocycles. The van der Waals surface area contributed by atoms with Crippen molar-refractivity contribution in [1.82, 2.24) is 14.9 Å². The fourth-order valence-corrected chi connectivity index (χ4v) is 4.58. The minimum absolute atomic E-state index is 0. The van der Waals surface area contributed by atoms with Gasteiger partial charge in [0.15, 0.2) is 5.56 Å². The maximum absolute atomic E-state index is 12.4. The van der Waals surface area contributed by atoms with Gasteiger partial charge in [-0.1, -0.05) is 0 Å². The highest BCUT2D eigenvalue weighted by Gasteiger charge is 2.26. The molecule has 5 rings (SSSR count). The number of hydrogen-bond donors (Lipinski definition) is 4. The number of pyridine rings is 1. The van der Waals surface area contributed by atoms with Crippen molar-refractivity contribution in [2.45, 2.75) is 38.6 Å². The van der Waals surface area contributed by atoms with Crippen molar-refractivity contribution < 1.29 is 15.0 Å². The molecule has 1 saturated carbocycles. The standard InChI is InChI=1S/C23H25N3O4.ClH/c1-26-15(11-24-10-12-5-6-12)7-14-8-17-13(9-18(14)26)3-2-4-16-20(17)25-22(28)19(21(16)27)23(29)30;/h7-9,12,24H,2-6,10-11H2,1H3,(H,29,30)(H2,25,27,28);1H. The molecule has 0 atom stereocenters. The van der Waals surface area contributed by atoms with Crippen molar-refractivity contribution >= 4 is 29.3 Å². The first-order valence-electron chi connectivity index (χ1n) is 10.5. The Bertz CT molecular complexity index is 1240. The van der Waals surface area contributed by atoms with Gasteiger partial charge in [-0.2, -0.15) is 0 Å². The van der Waals surface area contributed by atoms with E-state index < -0.39 is 22.8 Å². The first-order chi connectivity index (χ1) is 14.4. The first kappa shape index (κ1) is 21.5. The molecule has 0 amide bonds. The predicted octanol–water partition coefficient (Wildman–Crippen LogP) is 3.35. The van der Waals surface area contributed by atoms with Crippen molar-refractivity contribution in [2.24, 2.45) is 13.0 Å². The fraction of sp³-hybridized carbons (Fsp3) is 0.391. The Hall–Kier alpha value is -2.77. The van der Waals surface area contributed by atoms with Crippen LogP contribution in [0.2, 0.25) is 0 Å². The smallest absolute Gasteiger partial charge is 0.345 e. The second-order valence-corrected chi connectivity index (χ2v) is 8.53. The average Bonchev–Trinajstić information content (AvgIpc) is 3.49. The number of aromatic nitrogens is 2. The molecule has 0 spiro atoms. The van der Waals surface area contributed by atoms with E-state index in [4.69, 9.17) is 0 Å². The fourth-order valence-electron chi connectivity index (χ4n) is 4.58. The van der Waals surface area contributed by atoms with E-state index in [0.29, 0.717) is 17.7 Å². The van der Waals surface area contributed by atoms with Gasteiger partial charge in [-0.15, -0.1) is 12.4 Å². The van der Waals surface area contributed by atoms with Crippen LogP contribution in [0.15, 0.2) is 23.0 Å². The van der Waals surface area contributed by atoms with Crippen LogP contribution in [-0.2, 0) is 26.4 Å². The second kappa shape index (κ2) is 8.05. The molecule has 0 saturated heterocycles. The average molecular weight is 444 g/mol. The van der Waals surface area contributed by atoms with Crippen LogP contribution in [0.3, 0.4) is 0 Å². The van der Waals surface area contributed by atoms with Gasteiger partial charge >= 0.3 is 5.97 Å². The molecule has 2 aliphatic rings. The molecular formula is C23H26ClN3O4. The van der Waals surface area contributed by atoms with Crippen LogP contribution in [0, 0.1) is 5.92 Å². The largest absolute Gasteiger partial charge is 0.506 e. The molecule has 2 aliphatic carbocycles. The number of aromatic hydroxyl groups is 1. The van der Waals surface area contributed by atoms with E-state index in [1.165, 1.54) is 18.5 Å². The van der Waals surface area contributed by atoms with Crippen LogP contribution in [0.5, 0.6) is 5.75 Å². The second-order valence-electron chi connectivity index (χ2n) is 8.53. The van der Waals surface area contributed by atoms with E-state index >= 15 is 0 Å². The van der Waals surface area contributed by atoms with E-state index in [9.17, 15) is 19.8 Å². The van der Waals surface area contributed by atoms with Crippen molar-refractivity contribution in [3.63, 3.8) is 0 Å². The highest BCUT2D eigenvalue weighted by atomic mass is 35.5. The van der Waals surface area contributed by atoms with Gasteiger partial charge in [0.1, 0.15) is 5.75 Å². The van der Waals surface area contributed by atoms with Gasteiger partial charge in [-0.3, -0.25) is 4.79 Å². The normalized spacial score (nSPS) is 15.1. The number of benzene rings is 1. The Labute approximate surface area is 185 Å². The quantitative estimate of drug-likeness (QED) is 0.483. The molecule has 3 aromatic rings. The zero-order chi connectivity index (χ0) is 21.0. The number of aromatic amines is 1. The van der Waals surface area contributed by atoms with Crippen LogP contribution in [0.4, 0.5) is 0 Å². The van der Waals surface area contributed by atoms with Crippen LogP contribution in [-0.4, -0.2) is 32.3 Å². The number of rotatable bonds is 5. The van der Waals surface area contributed by atoms with E-state index in [2.05, 4.69) is 40.1 Å². The molecule has 0 unspecified atom stereocenters. The lowest BCUT2D eigenvalue weighted by molar-refractivity contribution is 0.0691. The Morgan fingerprint density at radius 3 is 2.74 bits per heavy atom. The SMILES string of the molecule is Cl.Cn1c(CNCC2CC2)cc2cc3c(cc21)CCCc1c-3[nH]c(=O)c(C(=O)O)c1O. The van der Waals surface area contributed by atoms with Crippen molar-refractivity contribution in [1.29, 1.82) is 0 Å². The third-order valence-corrected chi connectivity index (χ3v) is 6.45. The van der Waals surface area contributed by atoms with Gasteiger partial charge in [-0.05, 0) is 68.3 Å². The number of hydrogen-bond acceptors (Lipinski definition) is 4. The summed E-state index contributed by atoms with van der Waals surface area (Å²) < 4.78 is 2.20. The number of aromatic carboxylic acids is 1. The Kier molecular flexibility index (Phi) is 5.58. The number of carbonyl (C=O) groups is 1. The van der Waals surface area contributed by atoms with Gasteiger partial charge in [0.25, 0.3) is 5.56 Å². The zero-order valence-corrected chi connectivity index (χ0v) is 18.1. The number of nitrogens with one attached hydrogen (secondary N) is 2. The number of H-pyrrole nitrogens is 1. The molecule has 164 valence electrons. The van der Waals surface area contributed by atoms with Gasteiger partial charge < -0.3 is 25.1 Å². The molecule has 0 aliphatic heterocycles. The van der Waals surface area contributed by atoms with Crippen molar-refractivity contribution in [3.05, 3.63) is 50.9 Å². The summed E-state index contributed by atoms with van der Waals surface area (Å²) in [5.74, 6) is -0.998. The minimum atomic E-state index is -1.41. The Morgan fingerprint density at radius 2 is 2.03 bits per heavy atom. The van der Waals surface area contributed by atoms with E-state index in [0.717, 1.165) is 53.9 Å². The van der Waals surface area contributed by atoms with Gasteiger partial charge in [-0.25, -0.2) is 4.79 Å². The topological polar surface area (TPSA) is 107 Å². The third-order valence-electron chi connectivity index (χ3n) is 6.45. The van der Waals surface area contributed by atoms with Gasteiger partial charge in [0.2, 0.25) is 0 Å². The van der Waals surface area contributed by atoms with Gasteiger partial charge in [0, 0.05) is 41.3 Å². The maximum Gasteiger partial charge on any atom is 0.345 e. The molecule has 7 nitrogen and oxygen atoms in total. The highest BCUT2D eigenvalue weighted by Crippen LogP contribution is 2.38. The number of aryl methyl sites for hydroxylation is 2. The molecule has 0 bridgehead atoms. The summed E-state index contributed by atoms with van der Waals surface area (Å²) in [4.78, 5) is 26.5. The molecule has 31 heavy (non-hydrogen) atoms. The Morgan fingerprint density at radius 1 is 1.26 bits per heavy atom. The summed E-state index contributed by atoms with van der Waals surface area (Å²) in [6.45, 7) is 1.86.